The van der Waals surface area contributed by atoms with Gasteiger partial charge in [-0.3, -0.25) is 0 Å². The third-order valence-electron chi connectivity index (χ3n) is 3.70. The van der Waals surface area contributed by atoms with Crippen LogP contribution >= 0.6 is 47.8 Å². The third-order valence-corrected chi connectivity index (χ3v) is 6.09. The van der Waals surface area contributed by atoms with Crippen LogP contribution in [0.25, 0.3) is 0 Å². The summed E-state index contributed by atoms with van der Waals surface area (Å²) in [6.45, 7) is 0. The minimum absolute atomic E-state index is 0.407. The van der Waals surface area contributed by atoms with E-state index in [2.05, 4.69) is 96.3 Å². The smallest absolute Gasteiger partial charge is 0.0441 e. The van der Waals surface area contributed by atoms with Crippen molar-refractivity contribution < 1.29 is 0 Å². The molecule has 0 aromatic heterocycles. The first-order chi connectivity index (χ1) is 9.16. The van der Waals surface area contributed by atoms with Crippen molar-refractivity contribution in [2.45, 2.75) is 17.2 Å². The second-order valence-corrected chi connectivity index (χ2v) is 7.74. The zero-order valence-electron chi connectivity index (χ0n) is 10.2. The lowest BCUT2D eigenvalue weighted by molar-refractivity contribution is 0.783. The molecular weight excluding hydrogens is 432 g/mol. The largest absolute Gasteiger partial charge is 0.0835 e. The number of hydrogen-bond acceptors (Lipinski definition) is 0. The quantitative estimate of drug-likeness (QED) is 0.477. The van der Waals surface area contributed by atoms with Crippen molar-refractivity contribution in [3.63, 3.8) is 0 Å². The molecule has 1 saturated carbocycles. The van der Waals surface area contributed by atoms with Gasteiger partial charge in [0.25, 0.3) is 0 Å². The molecule has 3 unspecified atom stereocenters. The Balaban J connectivity index is 1.80. The Bertz CT molecular complexity index is 580. The summed E-state index contributed by atoms with van der Waals surface area (Å²) in [4.78, 5) is 0.407. The van der Waals surface area contributed by atoms with Gasteiger partial charge in [-0.25, -0.2) is 0 Å². The minimum atomic E-state index is 0.407. The molecule has 0 spiro atoms. The average molecular weight is 445 g/mol. The molecule has 3 heteroatoms. The average Bonchev–Trinajstić information content (AvgIpc) is 3.22. The Kier molecular flexibility index (Phi) is 4.16. The van der Waals surface area contributed by atoms with Gasteiger partial charge in [0.1, 0.15) is 0 Å². The molecule has 0 heterocycles. The standard InChI is InChI=1S/C16H13Br3/c17-11-6-7-15(18)14(8-11)16(19)13-9-12(13)10-4-2-1-3-5-10/h1-8,12-13,16H,9H2. The molecule has 3 atom stereocenters. The van der Waals surface area contributed by atoms with E-state index >= 15 is 0 Å². The van der Waals surface area contributed by atoms with E-state index in [1.807, 2.05) is 0 Å². The summed E-state index contributed by atoms with van der Waals surface area (Å²) in [7, 11) is 0. The molecule has 0 radical (unpaired) electrons. The van der Waals surface area contributed by atoms with Crippen molar-refractivity contribution in [3.8, 4) is 0 Å². The van der Waals surface area contributed by atoms with Crippen LogP contribution < -0.4 is 0 Å². The topological polar surface area (TPSA) is 0 Å². The molecule has 1 fully saturated rings. The minimum Gasteiger partial charge on any atom is -0.0835 e. The summed E-state index contributed by atoms with van der Waals surface area (Å²) >= 11 is 11.1. The lowest BCUT2D eigenvalue weighted by Crippen LogP contribution is -1.96. The van der Waals surface area contributed by atoms with Crippen LogP contribution in [-0.4, -0.2) is 0 Å². The van der Waals surface area contributed by atoms with Gasteiger partial charge < -0.3 is 0 Å². The molecule has 0 aliphatic heterocycles. The van der Waals surface area contributed by atoms with Gasteiger partial charge in [0, 0.05) is 13.8 Å². The van der Waals surface area contributed by atoms with Gasteiger partial charge in [0.05, 0.1) is 0 Å². The zero-order chi connectivity index (χ0) is 13.4. The van der Waals surface area contributed by atoms with Gasteiger partial charge in [-0.15, -0.1) is 0 Å². The van der Waals surface area contributed by atoms with Crippen LogP contribution in [0.15, 0.2) is 57.5 Å². The molecule has 98 valence electrons. The first-order valence-electron chi connectivity index (χ1n) is 6.31. The van der Waals surface area contributed by atoms with Crippen molar-refractivity contribution in [1.29, 1.82) is 0 Å². The Morgan fingerprint density at radius 1 is 1.00 bits per heavy atom. The van der Waals surface area contributed by atoms with E-state index in [4.69, 9.17) is 0 Å². The normalized spacial score (nSPS) is 23.1. The molecule has 19 heavy (non-hydrogen) atoms. The van der Waals surface area contributed by atoms with E-state index in [9.17, 15) is 0 Å². The molecule has 0 bridgehead atoms. The molecule has 0 saturated heterocycles. The predicted molar refractivity (Wildman–Crippen MR) is 90.8 cm³/mol. The van der Waals surface area contributed by atoms with Gasteiger partial charge in [-0.2, -0.15) is 0 Å². The summed E-state index contributed by atoms with van der Waals surface area (Å²) in [6, 6.07) is 17.2. The van der Waals surface area contributed by atoms with Crippen molar-refractivity contribution >= 4 is 47.8 Å². The maximum Gasteiger partial charge on any atom is 0.0441 e. The lowest BCUT2D eigenvalue weighted by atomic mass is 10.0. The second kappa shape index (κ2) is 5.71. The highest BCUT2D eigenvalue weighted by Gasteiger charge is 2.43. The third kappa shape index (κ3) is 2.98. The Labute approximate surface area is 139 Å². The number of halogens is 3. The van der Waals surface area contributed by atoms with Crippen LogP contribution in [0, 0.1) is 5.92 Å². The number of hydrogen-bond donors (Lipinski definition) is 0. The van der Waals surface area contributed by atoms with Crippen LogP contribution in [0.3, 0.4) is 0 Å². The van der Waals surface area contributed by atoms with Crippen LogP contribution in [0.1, 0.15) is 28.3 Å². The summed E-state index contributed by atoms with van der Waals surface area (Å²) in [5, 5.41) is 0. The fourth-order valence-corrected chi connectivity index (χ4v) is 4.72. The van der Waals surface area contributed by atoms with Crippen molar-refractivity contribution in [2.24, 2.45) is 5.92 Å². The number of rotatable bonds is 3. The maximum absolute atomic E-state index is 3.88. The zero-order valence-corrected chi connectivity index (χ0v) is 14.9. The number of alkyl halides is 1. The molecule has 0 N–H and O–H groups in total. The van der Waals surface area contributed by atoms with Crippen LogP contribution in [-0.2, 0) is 0 Å². The second-order valence-electron chi connectivity index (χ2n) is 4.98. The Morgan fingerprint density at radius 2 is 1.74 bits per heavy atom. The van der Waals surface area contributed by atoms with Gasteiger partial charge in [-0.05, 0) is 47.6 Å². The number of benzene rings is 2. The fraction of sp³-hybridized carbons (Fsp3) is 0.250. The van der Waals surface area contributed by atoms with Crippen molar-refractivity contribution in [3.05, 3.63) is 68.6 Å². The highest BCUT2D eigenvalue weighted by atomic mass is 79.9. The molecule has 3 rings (SSSR count). The highest BCUT2D eigenvalue weighted by Crippen LogP contribution is 2.58. The van der Waals surface area contributed by atoms with E-state index < -0.39 is 0 Å². The van der Waals surface area contributed by atoms with Gasteiger partial charge in [0.15, 0.2) is 0 Å². The summed E-state index contributed by atoms with van der Waals surface area (Å²) in [6.07, 6.45) is 1.26. The first kappa shape index (κ1) is 13.8. The monoisotopic (exact) mass is 442 g/mol. The van der Waals surface area contributed by atoms with Crippen molar-refractivity contribution in [2.75, 3.05) is 0 Å². The Morgan fingerprint density at radius 3 is 2.47 bits per heavy atom. The lowest BCUT2D eigenvalue weighted by Gasteiger charge is -2.13. The maximum atomic E-state index is 3.88. The van der Waals surface area contributed by atoms with E-state index in [1.54, 1.807) is 0 Å². The molecule has 2 aromatic carbocycles. The summed E-state index contributed by atoms with van der Waals surface area (Å²) in [5.41, 5.74) is 2.79. The van der Waals surface area contributed by atoms with E-state index in [1.165, 1.54) is 22.0 Å². The van der Waals surface area contributed by atoms with E-state index in [0.717, 1.165) is 4.47 Å². The molecule has 0 nitrogen and oxygen atoms in total. The molecule has 2 aromatic rings. The van der Waals surface area contributed by atoms with E-state index in [-0.39, 0.29) is 0 Å². The first-order valence-corrected chi connectivity index (χ1v) is 8.81. The van der Waals surface area contributed by atoms with Gasteiger partial charge in [-0.1, -0.05) is 78.1 Å². The van der Waals surface area contributed by atoms with Gasteiger partial charge in [0.2, 0.25) is 0 Å². The van der Waals surface area contributed by atoms with Crippen LogP contribution in [0.5, 0.6) is 0 Å². The highest BCUT2D eigenvalue weighted by molar-refractivity contribution is 9.11. The molecule has 1 aliphatic carbocycles. The molecule has 0 amide bonds. The van der Waals surface area contributed by atoms with Gasteiger partial charge >= 0.3 is 0 Å². The fourth-order valence-electron chi connectivity index (χ4n) is 2.58. The summed E-state index contributed by atoms with van der Waals surface area (Å²) in [5.74, 6) is 1.38. The van der Waals surface area contributed by atoms with Crippen LogP contribution in [0.4, 0.5) is 0 Å². The SMILES string of the molecule is Brc1ccc(Br)c(C(Br)C2CC2c2ccccc2)c1. The van der Waals surface area contributed by atoms with E-state index in [0.29, 0.717) is 16.7 Å². The molecular formula is C16H13Br3. The summed E-state index contributed by atoms with van der Waals surface area (Å²) < 4.78 is 2.31. The van der Waals surface area contributed by atoms with Crippen molar-refractivity contribution in [1.82, 2.24) is 0 Å². The predicted octanol–water partition coefficient (Wildman–Crippen LogP) is 6.45. The Hall–Kier alpha value is -0.120. The molecule has 1 aliphatic rings. The van der Waals surface area contributed by atoms with Crippen LogP contribution in [0.2, 0.25) is 0 Å².